The van der Waals surface area contributed by atoms with Gasteiger partial charge in [0.2, 0.25) is 0 Å². The molecule has 0 saturated heterocycles. The molecule has 3 aromatic rings. The SMILES string of the molecule is NCCCCc1c(-c2ccccc2)[nH]c2c(Cl)cc(Cl)cc12. The molecule has 3 N–H and O–H groups in total. The first-order valence-corrected chi connectivity index (χ1v) is 8.21. The third-order valence-electron chi connectivity index (χ3n) is 3.88. The lowest BCUT2D eigenvalue weighted by atomic mass is 10.0. The Morgan fingerprint density at radius 3 is 2.50 bits per heavy atom. The number of nitrogens with one attached hydrogen (secondary N) is 1. The summed E-state index contributed by atoms with van der Waals surface area (Å²) in [7, 11) is 0. The van der Waals surface area contributed by atoms with E-state index in [0.29, 0.717) is 16.6 Å². The maximum Gasteiger partial charge on any atom is 0.0662 e. The number of hydrogen-bond donors (Lipinski definition) is 2. The Hall–Kier alpha value is -1.48. The molecule has 0 amide bonds. The first-order valence-electron chi connectivity index (χ1n) is 7.46. The van der Waals surface area contributed by atoms with Crippen molar-refractivity contribution in [1.82, 2.24) is 4.98 Å². The number of H-pyrrole nitrogens is 1. The van der Waals surface area contributed by atoms with Gasteiger partial charge in [0.05, 0.1) is 10.5 Å². The highest BCUT2D eigenvalue weighted by Gasteiger charge is 2.15. The fourth-order valence-corrected chi connectivity index (χ4v) is 3.37. The molecule has 0 spiro atoms. The summed E-state index contributed by atoms with van der Waals surface area (Å²) in [5.41, 5.74) is 10.1. The summed E-state index contributed by atoms with van der Waals surface area (Å²) in [5.74, 6) is 0. The molecule has 0 fully saturated rings. The molecule has 0 atom stereocenters. The average molecular weight is 333 g/mol. The van der Waals surface area contributed by atoms with Gasteiger partial charge < -0.3 is 10.7 Å². The summed E-state index contributed by atoms with van der Waals surface area (Å²) < 4.78 is 0. The van der Waals surface area contributed by atoms with Crippen molar-refractivity contribution in [3.8, 4) is 11.3 Å². The number of nitrogens with two attached hydrogens (primary N) is 1. The zero-order valence-electron chi connectivity index (χ0n) is 12.2. The molecule has 0 bridgehead atoms. The molecule has 1 aromatic heterocycles. The number of aryl methyl sites for hydroxylation is 1. The van der Waals surface area contributed by atoms with E-state index in [4.69, 9.17) is 28.9 Å². The van der Waals surface area contributed by atoms with Gasteiger partial charge in [0.1, 0.15) is 0 Å². The van der Waals surface area contributed by atoms with Crippen molar-refractivity contribution in [2.45, 2.75) is 19.3 Å². The predicted octanol–water partition coefficient (Wildman–Crippen LogP) is 5.42. The quantitative estimate of drug-likeness (QED) is 0.601. The van der Waals surface area contributed by atoms with E-state index >= 15 is 0 Å². The number of halogens is 2. The highest BCUT2D eigenvalue weighted by molar-refractivity contribution is 6.38. The van der Waals surface area contributed by atoms with Gasteiger partial charge in [-0.3, -0.25) is 0 Å². The molecule has 114 valence electrons. The summed E-state index contributed by atoms with van der Waals surface area (Å²) in [6.07, 6.45) is 3.01. The fraction of sp³-hybridized carbons (Fsp3) is 0.222. The molecule has 2 aromatic carbocycles. The zero-order valence-corrected chi connectivity index (χ0v) is 13.7. The van der Waals surface area contributed by atoms with Crippen LogP contribution in [0.15, 0.2) is 42.5 Å². The second kappa shape index (κ2) is 6.74. The molecule has 0 radical (unpaired) electrons. The van der Waals surface area contributed by atoms with E-state index in [9.17, 15) is 0 Å². The van der Waals surface area contributed by atoms with E-state index in [1.807, 2.05) is 24.3 Å². The highest BCUT2D eigenvalue weighted by Crippen LogP contribution is 2.36. The number of unbranched alkanes of at least 4 members (excludes halogenated alkanes) is 1. The number of benzene rings is 2. The van der Waals surface area contributed by atoms with Crippen LogP contribution in [0, 0.1) is 0 Å². The first kappa shape index (κ1) is 15.4. The number of hydrogen-bond acceptors (Lipinski definition) is 1. The van der Waals surface area contributed by atoms with Crippen LogP contribution in [0.2, 0.25) is 10.0 Å². The molecule has 0 aliphatic heterocycles. The molecule has 0 aliphatic carbocycles. The molecule has 0 unspecified atom stereocenters. The van der Waals surface area contributed by atoms with E-state index in [2.05, 4.69) is 17.1 Å². The minimum Gasteiger partial charge on any atom is -0.353 e. The van der Waals surface area contributed by atoms with Crippen LogP contribution in [-0.4, -0.2) is 11.5 Å². The van der Waals surface area contributed by atoms with Crippen LogP contribution in [0.3, 0.4) is 0 Å². The third kappa shape index (κ3) is 3.00. The normalized spacial score (nSPS) is 11.2. The van der Waals surface area contributed by atoms with Gasteiger partial charge >= 0.3 is 0 Å². The largest absolute Gasteiger partial charge is 0.353 e. The summed E-state index contributed by atoms with van der Waals surface area (Å²) in [6.45, 7) is 0.713. The van der Waals surface area contributed by atoms with Crippen LogP contribution in [0.1, 0.15) is 18.4 Å². The Balaban J connectivity index is 2.17. The Kier molecular flexibility index (Phi) is 4.72. The summed E-state index contributed by atoms with van der Waals surface area (Å²) in [6, 6.07) is 14.1. The van der Waals surface area contributed by atoms with Crippen LogP contribution >= 0.6 is 23.2 Å². The molecule has 1 heterocycles. The van der Waals surface area contributed by atoms with Gasteiger partial charge in [0.25, 0.3) is 0 Å². The first-order chi connectivity index (χ1) is 10.7. The molecular formula is C18H18Cl2N2. The van der Waals surface area contributed by atoms with Crippen molar-refractivity contribution >= 4 is 34.1 Å². The lowest BCUT2D eigenvalue weighted by molar-refractivity contribution is 0.748. The number of aromatic amines is 1. The monoisotopic (exact) mass is 332 g/mol. The molecular weight excluding hydrogens is 315 g/mol. The van der Waals surface area contributed by atoms with E-state index in [1.165, 1.54) is 5.56 Å². The van der Waals surface area contributed by atoms with Crippen molar-refractivity contribution in [1.29, 1.82) is 0 Å². The Morgan fingerprint density at radius 2 is 1.77 bits per heavy atom. The lowest BCUT2D eigenvalue weighted by Crippen LogP contribution is -1.99. The highest BCUT2D eigenvalue weighted by atomic mass is 35.5. The standard InChI is InChI=1S/C18H18Cl2N2/c19-13-10-15-14(8-4-5-9-21)17(12-6-2-1-3-7-12)22-18(15)16(20)11-13/h1-3,6-7,10-11,22H,4-5,8-9,21H2. The molecule has 0 saturated carbocycles. The van der Waals surface area contributed by atoms with E-state index in [0.717, 1.165) is 41.4 Å². The molecule has 22 heavy (non-hydrogen) atoms. The van der Waals surface area contributed by atoms with Gasteiger partial charge in [-0.25, -0.2) is 0 Å². The van der Waals surface area contributed by atoms with Gasteiger partial charge in [0, 0.05) is 16.1 Å². The third-order valence-corrected chi connectivity index (χ3v) is 4.39. The van der Waals surface area contributed by atoms with E-state index < -0.39 is 0 Å². The Bertz CT molecular complexity index is 779. The van der Waals surface area contributed by atoms with Crippen molar-refractivity contribution in [2.24, 2.45) is 5.73 Å². The minimum atomic E-state index is 0.657. The zero-order chi connectivity index (χ0) is 15.5. The van der Waals surface area contributed by atoms with Crippen molar-refractivity contribution < 1.29 is 0 Å². The lowest BCUT2D eigenvalue weighted by Gasteiger charge is -2.05. The predicted molar refractivity (Wildman–Crippen MR) is 95.7 cm³/mol. The maximum absolute atomic E-state index is 6.36. The van der Waals surface area contributed by atoms with Crippen LogP contribution in [0.25, 0.3) is 22.2 Å². The summed E-state index contributed by atoms with van der Waals surface area (Å²) in [4.78, 5) is 3.48. The minimum absolute atomic E-state index is 0.657. The fourth-order valence-electron chi connectivity index (χ4n) is 2.83. The van der Waals surface area contributed by atoms with Gasteiger partial charge in [0.15, 0.2) is 0 Å². The molecule has 0 aliphatic rings. The topological polar surface area (TPSA) is 41.8 Å². The molecule has 3 rings (SSSR count). The number of aromatic nitrogens is 1. The number of rotatable bonds is 5. The second-order valence-corrected chi connectivity index (χ2v) is 6.24. The Labute approximate surface area is 140 Å². The van der Waals surface area contributed by atoms with Crippen LogP contribution < -0.4 is 5.73 Å². The smallest absolute Gasteiger partial charge is 0.0662 e. The number of fused-ring (bicyclic) bond motifs is 1. The van der Waals surface area contributed by atoms with Crippen molar-refractivity contribution in [2.75, 3.05) is 6.54 Å². The van der Waals surface area contributed by atoms with Gasteiger partial charge in [-0.05, 0) is 49.1 Å². The molecule has 4 heteroatoms. The van der Waals surface area contributed by atoms with Crippen LogP contribution in [-0.2, 0) is 6.42 Å². The summed E-state index contributed by atoms with van der Waals surface area (Å²) >= 11 is 12.6. The van der Waals surface area contributed by atoms with E-state index in [-0.39, 0.29) is 0 Å². The van der Waals surface area contributed by atoms with Gasteiger partial charge in [-0.15, -0.1) is 0 Å². The summed E-state index contributed by atoms with van der Waals surface area (Å²) in [5, 5.41) is 2.43. The van der Waals surface area contributed by atoms with Crippen molar-refractivity contribution in [3.63, 3.8) is 0 Å². The molecule has 2 nitrogen and oxygen atoms in total. The average Bonchev–Trinajstić information content (AvgIpc) is 2.88. The second-order valence-electron chi connectivity index (χ2n) is 5.40. The van der Waals surface area contributed by atoms with E-state index in [1.54, 1.807) is 6.07 Å². The van der Waals surface area contributed by atoms with Crippen molar-refractivity contribution in [3.05, 3.63) is 58.1 Å². The van der Waals surface area contributed by atoms with Gasteiger partial charge in [-0.2, -0.15) is 0 Å². The van der Waals surface area contributed by atoms with Crippen LogP contribution in [0.5, 0.6) is 0 Å². The maximum atomic E-state index is 6.36. The van der Waals surface area contributed by atoms with Gasteiger partial charge in [-0.1, -0.05) is 53.5 Å². The van der Waals surface area contributed by atoms with Crippen LogP contribution in [0.4, 0.5) is 0 Å². The Morgan fingerprint density at radius 1 is 1.00 bits per heavy atom.